The number of hydrogen-bond donors (Lipinski definition) is 1. The van der Waals surface area contributed by atoms with Crippen LogP contribution >= 0.6 is 0 Å². The second kappa shape index (κ2) is 7.72. The van der Waals surface area contributed by atoms with Crippen molar-refractivity contribution in [2.45, 2.75) is 6.61 Å². The number of amides is 1. The first-order chi connectivity index (χ1) is 9.76. The Labute approximate surface area is 121 Å². The SMILES string of the molecule is CS(=O)(=O)CCNC(=O)C=Cc1ccc(OC(F)F)cc1. The molecule has 0 saturated heterocycles. The van der Waals surface area contributed by atoms with Crippen LogP contribution in [-0.4, -0.2) is 39.5 Å². The first-order valence-electron chi connectivity index (χ1n) is 5.95. The maximum Gasteiger partial charge on any atom is 0.387 e. The van der Waals surface area contributed by atoms with E-state index in [1.807, 2.05) is 0 Å². The molecule has 8 heteroatoms. The van der Waals surface area contributed by atoms with Gasteiger partial charge in [-0.05, 0) is 23.8 Å². The minimum Gasteiger partial charge on any atom is -0.435 e. The second-order valence-electron chi connectivity index (χ2n) is 4.20. The Balaban J connectivity index is 2.46. The van der Waals surface area contributed by atoms with Crippen LogP contribution in [0.4, 0.5) is 8.78 Å². The van der Waals surface area contributed by atoms with Gasteiger partial charge < -0.3 is 10.1 Å². The molecule has 1 amide bonds. The van der Waals surface area contributed by atoms with E-state index in [9.17, 15) is 22.0 Å². The Bertz CT molecular complexity index is 597. The van der Waals surface area contributed by atoms with Gasteiger partial charge in [-0.3, -0.25) is 4.79 Å². The average molecular weight is 319 g/mol. The molecule has 0 aromatic heterocycles. The van der Waals surface area contributed by atoms with Crippen molar-refractivity contribution in [3.63, 3.8) is 0 Å². The van der Waals surface area contributed by atoms with Crippen molar-refractivity contribution in [1.82, 2.24) is 5.32 Å². The quantitative estimate of drug-likeness (QED) is 0.772. The summed E-state index contributed by atoms with van der Waals surface area (Å²) in [6.45, 7) is -2.85. The lowest BCUT2D eigenvalue weighted by Crippen LogP contribution is -2.27. The van der Waals surface area contributed by atoms with Crippen LogP contribution in [0.1, 0.15) is 5.56 Å². The van der Waals surface area contributed by atoms with Crippen molar-refractivity contribution in [2.75, 3.05) is 18.6 Å². The zero-order chi connectivity index (χ0) is 15.9. The number of halogens is 2. The van der Waals surface area contributed by atoms with Crippen molar-refractivity contribution in [3.8, 4) is 5.75 Å². The summed E-state index contributed by atoms with van der Waals surface area (Å²) in [7, 11) is -3.12. The molecule has 0 bridgehead atoms. The molecule has 0 aliphatic rings. The van der Waals surface area contributed by atoms with Crippen molar-refractivity contribution >= 4 is 21.8 Å². The fraction of sp³-hybridized carbons (Fsp3) is 0.308. The van der Waals surface area contributed by atoms with Crippen LogP contribution in [-0.2, 0) is 14.6 Å². The standard InChI is InChI=1S/C13H15F2NO4S/c1-21(18,19)9-8-16-12(17)7-4-10-2-5-11(6-3-10)20-13(14)15/h2-7,13H,8-9H2,1H3,(H,16,17). The fourth-order valence-corrected chi connectivity index (χ4v) is 1.82. The van der Waals surface area contributed by atoms with Crippen LogP contribution in [0, 0.1) is 0 Å². The molecule has 0 radical (unpaired) electrons. The van der Waals surface area contributed by atoms with E-state index < -0.39 is 22.4 Å². The maximum atomic E-state index is 11.9. The van der Waals surface area contributed by atoms with Crippen LogP contribution in [0.5, 0.6) is 5.75 Å². The minimum absolute atomic E-state index is 0.0275. The van der Waals surface area contributed by atoms with Gasteiger partial charge in [0.1, 0.15) is 15.6 Å². The number of alkyl halides is 2. The third kappa shape index (κ3) is 8.03. The molecule has 0 fully saturated rings. The molecule has 116 valence electrons. The number of ether oxygens (including phenoxy) is 1. The highest BCUT2D eigenvalue weighted by atomic mass is 32.2. The first kappa shape index (κ1) is 17.1. The third-order valence-corrected chi connectivity index (χ3v) is 3.25. The molecule has 1 N–H and O–H groups in total. The van der Waals surface area contributed by atoms with Gasteiger partial charge >= 0.3 is 6.61 Å². The van der Waals surface area contributed by atoms with Gasteiger partial charge in [0.15, 0.2) is 0 Å². The maximum absolute atomic E-state index is 11.9. The van der Waals surface area contributed by atoms with Crippen LogP contribution in [0.3, 0.4) is 0 Å². The number of rotatable bonds is 7. The number of nitrogens with one attached hydrogen (secondary N) is 1. The zero-order valence-corrected chi connectivity index (χ0v) is 12.1. The van der Waals surface area contributed by atoms with Crippen LogP contribution < -0.4 is 10.1 Å². The molecule has 1 aromatic carbocycles. The summed E-state index contributed by atoms with van der Waals surface area (Å²) < 4.78 is 49.8. The van der Waals surface area contributed by atoms with Crippen LogP contribution in [0.25, 0.3) is 6.08 Å². The van der Waals surface area contributed by atoms with E-state index in [1.165, 1.54) is 36.4 Å². The minimum atomic E-state index is -3.12. The number of benzene rings is 1. The lowest BCUT2D eigenvalue weighted by Gasteiger charge is -2.04. The Morgan fingerprint density at radius 3 is 2.48 bits per heavy atom. The summed E-state index contributed by atoms with van der Waals surface area (Å²) >= 11 is 0. The van der Waals surface area contributed by atoms with E-state index in [0.29, 0.717) is 5.56 Å². The zero-order valence-electron chi connectivity index (χ0n) is 11.3. The summed E-state index contributed by atoms with van der Waals surface area (Å²) in [4.78, 5) is 11.4. The highest BCUT2D eigenvalue weighted by Crippen LogP contribution is 2.15. The Morgan fingerprint density at radius 1 is 1.33 bits per heavy atom. The van der Waals surface area contributed by atoms with E-state index in [2.05, 4.69) is 10.1 Å². The molecule has 0 aliphatic heterocycles. The van der Waals surface area contributed by atoms with Gasteiger partial charge in [-0.2, -0.15) is 8.78 Å². The molecule has 1 rings (SSSR count). The van der Waals surface area contributed by atoms with Crippen molar-refractivity contribution in [2.24, 2.45) is 0 Å². The highest BCUT2D eigenvalue weighted by Gasteiger charge is 2.04. The molecular formula is C13H15F2NO4S. The largest absolute Gasteiger partial charge is 0.435 e. The van der Waals surface area contributed by atoms with Gasteiger partial charge in [-0.15, -0.1) is 0 Å². The fourth-order valence-electron chi connectivity index (χ4n) is 1.35. The van der Waals surface area contributed by atoms with Crippen molar-refractivity contribution < 1.29 is 26.7 Å². The summed E-state index contributed by atoms with van der Waals surface area (Å²) in [6, 6.07) is 5.73. The number of carbonyl (C=O) groups is 1. The van der Waals surface area contributed by atoms with E-state index >= 15 is 0 Å². The Hall–Kier alpha value is -1.96. The summed E-state index contributed by atoms with van der Waals surface area (Å²) in [5.41, 5.74) is 0.620. The van der Waals surface area contributed by atoms with Gasteiger partial charge in [0.25, 0.3) is 0 Å². The lowest BCUT2D eigenvalue weighted by molar-refractivity contribution is -0.116. The summed E-state index contributed by atoms with van der Waals surface area (Å²) in [5.74, 6) is -0.544. The predicted molar refractivity (Wildman–Crippen MR) is 74.8 cm³/mol. The lowest BCUT2D eigenvalue weighted by atomic mass is 10.2. The molecule has 0 heterocycles. The van der Waals surface area contributed by atoms with Crippen LogP contribution in [0.2, 0.25) is 0 Å². The molecule has 0 unspecified atom stereocenters. The Kier molecular flexibility index (Phi) is 6.29. The van der Waals surface area contributed by atoms with Gasteiger partial charge in [0.05, 0.1) is 5.75 Å². The molecule has 0 spiro atoms. The molecule has 1 aromatic rings. The molecular weight excluding hydrogens is 304 g/mol. The molecule has 0 aliphatic carbocycles. The van der Waals surface area contributed by atoms with E-state index in [1.54, 1.807) is 0 Å². The van der Waals surface area contributed by atoms with Gasteiger partial charge in [0, 0.05) is 18.9 Å². The number of hydrogen-bond acceptors (Lipinski definition) is 4. The highest BCUT2D eigenvalue weighted by molar-refractivity contribution is 7.90. The average Bonchev–Trinajstić information content (AvgIpc) is 2.36. The first-order valence-corrected chi connectivity index (χ1v) is 8.01. The Morgan fingerprint density at radius 2 is 1.95 bits per heavy atom. The normalized spacial score (nSPS) is 11.8. The molecule has 5 nitrogen and oxygen atoms in total. The van der Waals surface area contributed by atoms with Gasteiger partial charge in [-0.25, -0.2) is 8.42 Å². The third-order valence-electron chi connectivity index (χ3n) is 2.30. The van der Waals surface area contributed by atoms with Gasteiger partial charge in [-0.1, -0.05) is 12.1 Å². The number of carbonyl (C=O) groups excluding carboxylic acids is 1. The van der Waals surface area contributed by atoms with Crippen molar-refractivity contribution in [1.29, 1.82) is 0 Å². The predicted octanol–water partition coefficient (Wildman–Crippen LogP) is 1.46. The van der Waals surface area contributed by atoms with Crippen molar-refractivity contribution in [3.05, 3.63) is 35.9 Å². The van der Waals surface area contributed by atoms with E-state index in [4.69, 9.17) is 0 Å². The van der Waals surface area contributed by atoms with E-state index in [0.717, 1.165) is 6.26 Å². The second-order valence-corrected chi connectivity index (χ2v) is 6.46. The summed E-state index contributed by atoms with van der Waals surface area (Å²) in [6.07, 6.45) is 3.78. The number of sulfone groups is 1. The molecule has 0 atom stereocenters. The van der Waals surface area contributed by atoms with Crippen LogP contribution in [0.15, 0.2) is 30.3 Å². The van der Waals surface area contributed by atoms with Gasteiger partial charge in [0.2, 0.25) is 5.91 Å². The topological polar surface area (TPSA) is 72.5 Å². The monoisotopic (exact) mass is 319 g/mol. The summed E-state index contributed by atoms with van der Waals surface area (Å²) in [5, 5.41) is 2.42. The molecule has 0 saturated carbocycles. The smallest absolute Gasteiger partial charge is 0.387 e. The van der Waals surface area contributed by atoms with E-state index in [-0.39, 0.29) is 18.0 Å². The molecule has 21 heavy (non-hydrogen) atoms.